The van der Waals surface area contributed by atoms with Crippen LogP contribution in [0, 0.1) is 0 Å². The van der Waals surface area contributed by atoms with Crippen LogP contribution in [0.2, 0.25) is 0 Å². The molecule has 0 unspecified atom stereocenters. The summed E-state index contributed by atoms with van der Waals surface area (Å²) in [4.78, 5) is 12.6. The molecule has 8 atom stereocenters. The highest BCUT2D eigenvalue weighted by molar-refractivity contribution is 5.81. The summed E-state index contributed by atoms with van der Waals surface area (Å²) in [5.41, 5.74) is -2.16. The Morgan fingerprint density at radius 2 is 1.91 bits per heavy atom. The van der Waals surface area contributed by atoms with E-state index in [-0.39, 0.29) is 30.6 Å². The van der Waals surface area contributed by atoms with Crippen LogP contribution in [0.3, 0.4) is 0 Å². The Labute approximate surface area is 263 Å². The minimum absolute atomic E-state index is 0.00975. The molecule has 4 aliphatic heterocycles. The van der Waals surface area contributed by atoms with Gasteiger partial charge in [-0.1, -0.05) is 18.2 Å². The van der Waals surface area contributed by atoms with Crippen LogP contribution in [-0.4, -0.2) is 102 Å². The first-order valence-electron chi connectivity index (χ1n) is 14.7. The summed E-state index contributed by atoms with van der Waals surface area (Å²) in [5, 5.41) is 59.5. The molecule has 0 aromatic heterocycles. The number of aliphatic hydroxyl groups excluding tert-OH is 2. The molecule has 0 aliphatic carbocycles. The van der Waals surface area contributed by atoms with Gasteiger partial charge in [0.15, 0.2) is 23.3 Å². The Balaban J connectivity index is 1.32. The lowest BCUT2D eigenvalue weighted by atomic mass is 9.74. The number of phenols is 1. The first-order chi connectivity index (χ1) is 22.1. The van der Waals surface area contributed by atoms with Gasteiger partial charge in [0, 0.05) is 23.7 Å². The van der Waals surface area contributed by atoms with Crippen LogP contribution in [0.5, 0.6) is 34.5 Å². The zero-order valence-corrected chi connectivity index (χ0v) is 25.1. The third-order valence-electron chi connectivity index (χ3n) is 9.40. The van der Waals surface area contributed by atoms with Crippen molar-refractivity contribution in [2.75, 3.05) is 34.4 Å². The van der Waals surface area contributed by atoms with Crippen molar-refractivity contribution < 1.29 is 58.7 Å². The number of ether oxygens (including phenoxy) is 6. The topological polar surface area (TPSA) is 198 Å². The number of likely N-dealkylation sites (N-methyl/N-ethyl adjacent to an activating group) is 1. The third kappa shape index (κ3) is 4.22. The van der Waals surface area contributed by atoms with Crippen LogP contribution >= 0.6 is 0 Å². The molecule has 2 bridgehead atoms. The first kappa shape index (κ1) is 30.3. The summed E-state index contributed by atoms with van der Waals surface area (Å²) < 4.78 is 35.9. The molecule has 2 saturated heterocycles. The van der Waals surface area contributed by atoms with E-state index in [1.807, 2.05) is 6.07 Å². The number of hydrogen-bond donors (Lipinski definition) is 7. The number of aliphatic carboxylic acids is 1. The summed E-state index contributed by atoms with van der Waals surface area (Å²) in [5.74, 6) is 0.190. The average molecular weight is 639 g/mol. The summed E-state index contributed by atoms with van der Waals surface area (Å²) in [7, 11) is 4.56. The highest BCUT2D eigenvalue weighted by atomic mass is 16.7. The van der Waals surface area contributed by atoms with E-state index in [9.17, 15) is 30.3 Å². The van der Waals surface area contributed by atoms with Crippen LogP contribution in [0.4, 0.5) is 0 Å². The maximum atomic E-state index is 12.6. The normalized spacial score (nSPS) is 32.2. The van der Waals surface area contributed by atoms with Gasteiger partial charge in [-0.05, 0) is 42.4 Å². The highest BCUT2D eigenvalue weighted by Crippen LogP contribution is 2.58. The molecular weight excluding hydrogens is 604 g/mol. The number of fused-ring (bicyclic) bond motifs is 7. The molecule has 46 heavy (non-hydrogen) atoms. The largest absolute Gasteiger partial charge is 0.508 e. The number of carboxylic acid groups (broad SMARTS) is 1. The lowest BCUT2D eigenvalue weighted by Crippen LogP contribution is -2.87. The zero-order valence-electron chi connectivity index (χ0n) is 25.1. The number of aliphatic hydroxyl groups is 3. The van der Waals surface area contributed by atoms with Gasteiger partial charge in [0.05, 0.1) is 32.8 Å². The Morgan fingerprint density at radius 3 is 2.61 bits per heavy atom. The van der Waals surface area contributed by atoms with Gasteiger partial charge in [0.25, 0.3) is 0 Å². The number of hydrogen-bond acceptors (Lipinski definition) is 13. The molecule has 3 aromatic rings. The fraction of sp³-hybridized carbons (Fsp3) is 0.406. The van der Waals surface area contributed by atoms with Crippen LogP contribution in [0.25, 0.3) is 11.1 Å². The SMILES string of the molecule is CN[C@@H]1CN[C@@]2(O)[C@@H](O)[C@H](Oc3cc4c(c(-c5cccc(O)c5)c3)[C@@H]3Oc5c(ccc(OC)c5OC)[C@@H]3CO4)O[C@]1(C(=O)O)[C@H]2O. The predicted octanol–water partition coefficient (Wildman–Crippen LogP) is 0.846. The molecule has 7 rings (SSSR count). The molecule has 0 amide bonds. The third-order valence-corrected chi connectivity index (χ3v) is 9.40. The molecule has 0 saturated carbocycles. The first-order valence-corrected chi connectivity index (χ1v) is 14.7. The Morgan fingerprint density at radius 1 is 1.11 bits per heavy atom. The molecule has 14 nitrogen and oxygen atoms in total. The molecule has 244 valence electrons. The fourth-order valence-electron chi connectivity index (χ4n) is 7.07. The Kier molecular flexibility index (Phi) is 7.19. The molecule has 7 N–H and O–H groups in total. The molecule has 2 fully saturated rings. The van der Waals surface area contributed by atoms with Crippen molar-refractivity contribution in [3.05, 3.63) is 59.7 Å². The maximum absolute atomic E-state index is 12.6. The Hall–Kier alpha value is -4.31. The molecule has 4 aliphatic rings. The predicted molar refractivity (Wildman–Crippen MR) is 158 cm³/mol. The maximum Gasteiger partial charge on any atom is 0.340 e. The standard InChI is InChI=1S/C32H34N2O12/c1-33-22-12-34-32(40)27(36)28(46-31(22,29(32)37)30(38)39)44-16-10-18(14-5-4-6-15(35)9-14)23-21(11-16)43-13-19-17-7-8-20(41-2)26(42-3)25(17)45-24(19)23/h4-11,19,22,24,27-29,33-37,40H,12-13H2,1-3H3,(H,38,39)/t19-,22+,24+,27-,28+,29+,31-,32+/m0/s1. The second kappa shape index (κ2) is 10.9. The van der Waals surface area contributed by atoms with E-state index in [1.165, 1.54) is 20.2 Å². The number of piperidine rings is 1. The second-order valence-electron chi connectivity index (χ2n) is 11.7. The zero-order chi connectivity index (χ0) is 32.5. The molecule has 3 aromatic carbocycles. The van der Waals surface area contributed by atoms with Crippen molar-refractivity contribution in [2.24, 2.45) is 0 Å². The number of aromatic hydroxyl groups is 1. The summed E-state index contributed by atoms with van der Waals surface area (Å²) in [6, 6.07) is 12.4. The van der Waals surface area contributed by atoms with Gasteiger partial charge in [-0.3, -0.25) is 5.32 Å². The van der Waals surface area contributed by atoms with Crippen LogP contribution in [0.15, 0.2) is 48.5 Å². The minimum atomic E-state index is -2.47. The van der Waals surface area contributed by atoms with Crippen LogP contribution in [-0.2, 0) is 9.53 Å². The lowest BCUT2D eigenvalue weighted by Gasteiger charge is -2.58. The van der Waals surface area contributed by atoms with E-state index in [2.05, 4.69) is 10.6 Å². The van der Waals surface area contributed by atoms with Gasteiger partial charge in [-0.25, -0.2) is 4.79 Å². The summed E-state index contributed by atoms with van der Waals surface area (Å²) in [6.45, 7) is 0.101. The van der Waals surface area contributed by atoms with E-state index in [0.29, 0.717) is 39.7 Å². The molecule has 0 radical (unpaired) electrons. The van der Waals surface area contributed by atoms with Crippen LogP contribution in [0.1, 0.15) is 23.1 Å². The van der Waals surface area contributed by atoms with Gasteiger partial charge in [-0.15, -0.1) is 0 Å². The van der Waals surface area contributed by atoms with Crippen molar-refractivity contribution >= 4 is 5.97 Å². The molecule has 14 heteroatoms. The van der Waals surface area contributed by atoms with E-state index in [1.54, 1.807) is 43.5 Å². The number of phenolic OH excluding ortho intramolecular Hbond substituents is 1. The number of methoxy groups -OCH3 is 2. The van der Waals surface area contributed by atoms with Gasteiger partial charge >= 0.3 is 5.97 Å². The minimum Gasteiger partial charge on any atom is -0.508 e. The monoisotopic (exact) mass is 638 g/mol. The van der Waals surface area contributed by atoms with Crippen molar-refractivity contribution in [3.63, 3.8) is 0 Å². The van der Waals surface area contributed by atoms with E-state index < -0.39 is 47.9 Å². The Bertz CT molecular complexity index is 1700. The van der Waals surface area contributed by atoms with Gasteiger partial charge in [-0.2, -0.15) is 0 Å². The van der Waals surface area contributed by atoms with Crippen LogP contribution < -0.4 is 34.3 Å². The van der Waals surface area contributed by atoms with Gasteiger partial charge in [0.2, 0.25) is 17.6 Å². The quantitative estimate of drug-likeness (QED) is 0.192. The molecular formula is C32H34N2O12. The van der Waals surface area contributed by atoms with Gasteiger partial charge in [0.1, 0.15) is 29.5 Å². The van der Waals surface area contributed by atoms with Crippen molar-refractivity contribution in [2.45, 2.75) is 47.9 Å². The lowest BCUT2D eigenvalue weighted by molar-refractivity contribution is -0.362. The average Bonchev–Trinajstić information content (AvgIpc) is 3.43. The molecule has 0 spiro atoms. The number of carbonyl (C=O) groups is 1. The second-order valence-corrected chi connectivity index (χ2v) is 11.7. The van der Waals surface area contributed by atoms with Crippen molar-refractivity contribution in [1.82, 2.24) is 10.6 Å². The smallest absolute Gasteiger partial charge is 0.340 e. The van der Waals surface area contributed by atoms with E-state index in [4.69, 9.17) is 28.4 Å². The fourth-order valence-corrected chi connectivity index (χ4v) is 7.07. The van der Waals surface area contributed by atoms with Crippen molar-refractivity contribution in [1.29, 1.82) is 0 Å². The molecule has 4 heterocycles. The number of nitrogens with one attached hydrogen (secondary N) is 2. The summed E-state index contributed by atoms with van der Waals surface area (Å²) >= 11 is 0. The number of benzene rings is 3. The number of rotatable bonds is 7. The summed E-state index contributed by atoms with van der Waals surface area (Å²) in [6.07, 6.45) is -6.24. The number of carboxylic acids is 1. The van der Waals surface area contributed by atoms with E-state index >= 15 is 0 Å². The van der Waals surface area contributed by atoms with E-state index in [0.717, 1.165) is 5.56 Å². The van der Waals surface area contributed by atoms with Crippen molar-refractivity contribution in [3.8, 4) is 45.6 Å². The van der Waals surface area contributed by atoms with Gasteiger partial charge < -0.3 is 59.3 Å². The highest BCUT2D eigenvalue weighted by Gasteiger charge is 2.71.